The maximum atomic E-state index is 13.0. The summed E-state index contributed by atoms with van der Waals surface area (Å²) in [5.41, 5.74) is 5.23. The Kier molecular flexibility index (Phi) is 8.84. The van der Waals surface area contributed by atoms with Crippen molar-refractivity contribution < 1.29 is 9.53 Å². The summed E-state index contributed by atoms with van der Waals surface area (Å²) in [7, 11) is 3.67. The number of nitrogens with one attached hydrogen (secondary N) is 2. The lowest BCUT2D eigenvalue weighted by Crippen LogP contribution is -2.24. The monoisotopic (exact) mass is 553 g/mol. The molecule has 9 nitrogen and oxygen atoms in total. The van der Waals surface area contributed by atoms with Crippen LogP contribution < -0.4 is 20.3 Å². The molecule has 2 N–H and O–H groups in total. The molecule has 1 fully saturated rings. The van der Waals surface area contributed by atoms with Crippen molar-refractivity contribution >= 4 is 39.8 Å². The number of aromatic nitrogens is 3. The molecule has 0 saturated carbocycles. The Balaban J connectivity index is 1.44. The Morgan fingerprint density at radius 1 is 1.10 bits per heavy atom. The number of methoxy groups -OCH3 is 1. The molecule has 0 radical (unpaired) electrons. The predicted molar refractivity (Wildman–Crippen MR) is 167 cm³/mol. The lowest BCUT2D eigenvalue weighted by Gasteiger charge is -2.26. The van der Waals surface area contributed by atoms with Crippen molar-refractivity contribution in [3.63, 3.8) is 0 Å². The molecular formula is C32H39N7O2. The number of para-hydroxylation sites is 1. The second-order valence-corrected chi connectivity index (χ2v) is 10.2. The van der Waals surface area contributed by atoms with Gasteiger partial charge in [0.05, 0.1) is 29.9 Å². The minimum Gasteiger partial charge on any atom is -0.494 e. The van der Waals surface area contributed by atoms with E-state index < -0.39 is 0 Å². The van der Waals surface area contributed by atoms with Gasteiger partial charge >= 0.3 is 0 Å². The van der Waals surface area contributed by atoms with Crippen molar-refractivity contribution in [3.8, 4) is 17.0 Å². The van der Waals surface area contributed by atoms with Gasteiger partial charge in [0.2, 0.25) is 11.9 Å². The van der Waals surface area contributed by atoms with Crippen LogP contribution in [0.4, 0.5) is 23.0 Å². The number of carbonyl (C=O) groups excluding carboxylic acids is 1. The van der Waals surface area contributed by atoms with Crippen LogP contribution in [0.1, 0.15) is 26.7 Å². The molecule has 41 heavy (non-hydrogen) atoms. The molecule has 0 atom stereocenters. The van der Waals surface area contributed by atoms with E-state index >= 15 is 0 Å². The van der Waals surface area contributed by atoms with Gasteiger partial charge in [0.1, 0.15) is 5.75 Å². The Morgan fingerprint density at radius 3 is 2.63 bits per heavy atom. The summed E-state index contributed by atoms with van der Waals surface area (Å²) in [5.74, 6) is 0.906. The number of rotatable bonds is 11. The van der Waals surface area contributed by atoms with Gasteiger partial charge in [-0.15, -0.1) is 0 Å². The summed E-state index contributed by atoms with van der Waals surface area (Å²) >= 11 is 0. The standard InChI is InChI=1S/C32H39N7O2/c1-5-39(6-2)29-21-30(41-4)27(20-26(29)34-31(40)14-11-19-38-17-9-10-18-38)36-32-33-16-15-25(35-32)24-22-37(3)28-13-8-7-12-23(24)28/h7-8,11-16,20-22H,5-6,9-10,17-19H2,1-4H3,(H,34,40)(H,33,35,36). The molecule has 1 aliphatic heterocycles. The Bertz CT molecular complexity index is 1530. The number of aryl methyl sites for hydroxylation is 1. The number of ether oxygens (including phenoxy) is 1. The van der Waals surface area contributed by atoms with E-state index in [1.165, 1.54) is 12.8 Å². The topological polar surface area (TPSA) is 87.5 Å². The highest BCUT2D eigenvalue weighted by Gasteiger charge is 2.18. The minimum atomic E-state index is -0.164. The number of hydrogen-bond acceptors (Lipinski definition) is 7. The van der Waals surface area contributed by atoms with Gasteiger partial charge in [-0.3, -0.25) is 9.69 Å². The first-order chi connectivity index (χ1) is 20.0. The maximum absolute atomic E-state index is 13.0. The fraction of sp³-hybridized carbons (Fsp3) is 0.344. The molecule has 1 saturated heterocycles. The number of amides is 1. The van der Waals surface area contributed by atoms with Gasteiger partial charge in [0, 0.05) is 67.7 Å². The second kappa shape index (κ2) is 12.9. The van der Waals surface area contributed by atoms with Crippen molar-refractivity contribution in [2.45, 2.75) is 26.7 Å². The summed E-state index contributed by atoms with van der Waals surface area (Å²) in [5, 5.41) is 7.56. The average molecular weight is 554 g/mol. The van der Waals surface area contributed by atoms with Crippen LogP contribution in [0.2, 0.25) is 0 Å². The molecule has 1 amide bonds. The lowest BCUT2D eigenvalue weighted by molar-refractivity contribution is -0.111. The third-order valence-electron chi connectivity index (χ3n) is 7.59. The van der Waals surface area contributed by atoms with Gasteiger partial charge in [-0.05, 0) is 58.0 Å². The number of benzene rings is 2. The summed E-state index contributed by atoms with van der Waals surface area (Å²) < 4.78 is 7.88. The smallest absolute Gasteiger partial charge is 0.248 e. The van der Waals surface area contributed by atoms with Crippen LogP contribution in [0, 0.1) is 0 Å². The second-order valence-electron chi connectivity index (χ2n) is 10.2. The number of anilines is 4. The van der Waals surface area contributed by atoms with Gasteiger partial charge in [-0.25, -0.2) is 9.97 Å². The molecule has 0 aliphatic carbocycles. The van der Waals surface area contributed by atoms with E-state index in [-0.39, 0.29) is 5.91 Å². The number of hydrogen-bond donors (Lipinski definition) is 2. The fourth-order valence-electron chi connectivity index (χ4n) is 5.45. The first kappa shape index (κ1) is 28.2. The zero-order valence-electron chi connectivity index (χ0n) is 24.4. The van der Waals surface area contributed by atoms with E-state index in [0.717, 1.165) is 60.6 Å². The number of carbonyl (C=O) groups is 1. The quantitative estimate of drug-likeness (QED) is 0.226. The normalized spacial score (nSPS) is 13.7. The van der Waals surface area contributed by atoms with Gasteiger partial charge in [-0.2, -0.15) is 0 Å². The van der Waals surface area contributed by atoms with Crippen LogP contribution in [-0.4, -0.2) is 65.2 Å². The largest absolute Gasteiger partial charge is 0.494 e. The maximum Gasteiger partial charge on any atom is 0.248 e. The summed E-state index contributed by atoms with van der Waals surface area (Å²) in [6.07, 6.45) is 9.84. The molecule has 2 aromatic heterocycles. The third-order valence-corrected chi connectivity index (χ3v) is 7.59. The molecule has 9 heteroatoms. The molecule has 1 aliphatic rings. The Labute approximate surface area is 241 Å². The SMILES string of the molecule is CCN(CC)c1cc(OC)c(Nc2nccc(-c3cn(C)c4ccccc34)n2)cc1NC(=O)C=CCN1CCCC1. The molecule has 2 aromatic carbocycles. The molecule has 0 spiro atoms. The predicted octanol–water partition coefficient (Wildman–Crippen LogP) is 5.82. The van der Waals surface area contributed by atoms with E-state index in [1.54, 1.807) is 19.4 Å². The van der Waals surface area contributed by atoms with Crippen molar-refractivity contribution in [3.05, 3.63) is 67.0 Å². The molecule has 0 bridgehead atoms. The van der Waals surface area contributed by atoms with E-state index in [0.29, 0.717) is 23.1 Å². The molecule has 0 unspecified atom stereocenters. The summed E-state index contributed by atoms with van der Waals surface area (Å²) in [6.45, 7) is 8.74. The van der Waals surface area contributed by atoms with Gasteiger partial charge in [0.25, 0.3) is 0 Å². The third kappa shape index (κ3) is 6.36. The van der Waals surface area contributed by atoms with Crippen LogP contribution in [0.3, 0.4) is 0 Å². The van der Waals surface area contributed by atoms with E-state index in [2.05, 4.69) is 62.2 Å². The highest BCUT2D eigenvalue weighted by Crippen LogP contribution is 2.38. The van der Waals surface area contributed by atoms with Crippen molar-refractivity contribution in [2.24, 2.45) is 7.05 Å². The van der Waals surface area contributed by atoms with E-state index in [1.807, 2.05) is 43.5 Å². The van der Waals surface area contributed by atoms with Crippen LogP contribution in [0.15, 0.2) is 67.0 Å². The Hall–Kier alpha value is -4.37. The van der Waals surface area contributed by atoms with E-state index in [9.17, 15) is 4.79 Å². The average Bonchev–Trinajstić information content (AvgIpc) is 3.63. The summed E-state index contributed by atoms with van der Waals surface area (Å²) in [6, 6.07) is 14.0. The Morgan fingerprint density at radius 2 is 1.88 bits per heavy atom. The van der Waals surface area contributed by atoms with Gasteiger partial charge < -0.3 is 24.8 Å². The molecule has 3 heterocycles. The summed E-state index contributed by atoms with van der Waals surface area (Å²) in [4.78, 5) is 26.8. The number of nitrogens with zero attached hydrogens (tertiary/aromatic N) is 5. The van der Waals surface area contributed by atoms with Crippen LogP contribution >= 0.6 is 0 Å². The van der Waals surface area contributed by atoms with E-state index in [4.69, 9.17) is 9.72 Å². The van der Waals surface area contributed by atoms with Crippen LogP contribution in [0.25, 0.3) is 22.2 Å². The van der Waals surface area contributed by atoms with Crippen molar-refractivity contribution in [2.75, 3.05) is 55.4 Å². The first-order valence-electron chi connectivity index (χ1n) is 14.3. The van der Waals surface area contributed by atoms with Gasteiger partial charge in [-0.1, -0.05) is 24.3 Å². The number of fused-ring (bicyclic) bond motifs is 1. The van der Waals surface area contributed by atoms with Gasteiger partial charge in [0.15, 0.2) is 0 Å². The van der Waals surface area contributed by atoms with Crippen LogP contribution in [-0.2, 0) is 11.8 Å². The molecule has 214 valence electrons. The zero-order chi connectivity index (χ0) is 28.8. The van der Waals surface area contributed by atoms with Crippen molar-refractivity contribution in [1.82, 2.24) is 19.4 Å². The van der Waals surface area contributed by atoms with Crippen LogP contribution in [0.5, 0.6) is 5.75 Å². The van der Waals surface area contributed by atoms with Crippen molar-refractivity contribution in [1.29, 1.82) is 0 Å². The number of likely N-dealkylation sites (tertiary alicyclic amines) is 1. The minimum absolute atomic E-state index is 0.164. The highest BCUT2D eigenvalue weighted by molar-refractivity contribution is 6.02. The highest BCUT2D eigenvalue weighted by atomic mass is 16.5. The molecule has 4 aromatic rings. The molecular weight excluding hydrogens is 514 g/mol. The fourth-order valence-corrected chi connectivity index (χ4v) is 5.45. The molecule has 5 rings (SSSR count). The first-order valence-corrected chi connectivity index (χ1v) is 14.3. The zero-order valence-corrected chi connectivity index (χ0v) is 24.4. The lowest BCUT2D eigenvalue weighted by atomic mass is 10.1.